The first-order valence-electron chi connectivity index (χ1n) is 4.69. The molecule has 5 atom stereocenters. The topological polar surface area (TPSA) is 69.4 Å². The maximum atomic E-state index is 11.3. The number of hydrogen-bond donors (Lipinski definition) is 1. The molecule has 1 heterocycles. The molecule has 2 saturated carbocycles. The Kier molecular flexibility index (Phi) is 1.22. The van der Waals surface area contributed by atoms with Gasteiger partial charge in [-0.25, -0.2) is 0 Å². The molecule has 70 valence electrons. The molecule has 5 unspecified atom stereocenters. The molecule has 0 radical (unpaired) electrons. The third kappa shape index (κ3) is 0.746. The lowest BCUT2D eigenvalue weighted by Gasteiger charge is -2.23. The van der Waals surface area contributed by atoms with Crippen molar-refractivity contribution >= 4 is 11.9 Å². The molecular formula is C9H11NO3. The van der Waals surface area contributed by atoms with Crippen molar-refractivity contribution in [3.63, 3.8) is 0 Å². The van der Waals surface area contributed by atoms with E-state index < -0.39 is 0 Å². The van der Waals surface area contributed by atoms with E-state index in [0.29, 0.717) is 5.92 Å². The largest absolute Gasteiger partial charge is 0.393 e. The van der Waals surface area contributed by atoms with Crippen LogP contribution in [-0.4, -0.2) is 18.0 Å². The first-order valence-corrected chi connectivity index (χ1v) is 4.69. The standard InChI is InChI=1S/C9H11NO3/c10-5-2-3-1-4(5)7-6(3)8(11)13-9(7)12/h3-7H,1-2,10H2. The summed E-state index contributed by atoms with van der Waals surface area (Å²) in [6, 6.07) is 0.102. The molecule has 2 N–H and O–H groups in total. The summed E-state index contributed by atoms with van der Waals surface area (Å²) in [6.07, 6.45) is 1.82. The molecule has 3 rings (SSSR count). The van der Waals surface area contributed by atoms with Crippen LogP contribution in [0.25, 0.3) is 0 Å². The van der Waals surface area contributed by atoms with Crippen LogP contribution < -0.4 is 5.73 Å². The second kappa shape index (κ2) is 2.12. The zero-order valence-corrected chi connectivity index (χ0v) is 7.10. The molecule has 1 saturated heterocycles. The van der Waals surface area contributed by atoms with Crippen molar-refractivity contribution in [2.75, 3.05) is 0 Å². The minimum atomic E-state index is -0.336. The maximum Gasteiger partial charge on any atom is 0.317 e. The molecule has 2 bridgehead atoms. The Morgan fingerprint density at radius 1 is 1.15 bits per heavy atom. The smallest absolute Gasteiger partial charge is 0.317 e. The zero-order valence-electron chi connectivity index (χ0n) is 7.10. The van der Waals surface area contributed by atoms with Gasteiger partial charge < -0.3 is 10.5 Å². The van der Waals surface area contributed by atoms with Gasteiger partial charge in [-0.15, -0.1) is 0 Å². The first-order chi connectivity index (χ1) is 6.18. The third-order valence-corrected chi connectivity index (χ3v) is 3.80. The monoisotopic (exact) mass is 181 g/mol. The van der Waals surface area contributed by atoms with Gasteiger partial charge in [0.1, 0.15) is 0 Å². The Morgan fingerprint density at radius 3 is 2.62 bits per heavy atom. The van der Waals surface area contributed by atoms with Crippen molar-refractivity contribution in [1.82, 2.24) is 0 Å². The van der Waals surface area contributed by atoms with Gasteiger partial charge in [-0.1, -0.05) is 0 Å². The Hall–Kier alpha value is -0.900. The molecule has 4 nitrogen and oxygen atoms in total. The Balaban J connectivity index is 2.00. The van der Waals surface area contributed by atoms with Crippen LogP contribution in [0.3, 0.4) is 0 Å². The van der Waals surface area contributed by atoms with E-state index in [2.05, 4.69) is 4.74 Å². The van der Waals surface area contributed by atoms with Gasteiger partial charge in [0, 0.05) is 6.04 Å². The number of rotatable bonds is 0. The average Bonchev–Trinajstić information content (AvgIpc) is 2.64. The van der Waals surface area contributed by atoms with Crippen LogP contribution in [0.2, 0.25) is 0 Å². The fourth-order valence-corrected chi connectivity index (χ4v) is 3.31. The van der Waals surface area contributed by atoms with Crippen molar-refractivity contribution in [3.8, 4) is 0 Å². The van der Waals surface area contributed by atoms with Crippen LogP contribution in [0.15, 0.2) is 0 Å². The van der Waals surface area contributed by atoms with Gasteiger partial charge in [0.15, 0.2) is 0 Å². The van der Waals surface area contributed by atoms with Crippen LogP contribution >= 0.6 is 0 Å². The van der Waals surface area contributed by atoms with E-state index in [4.69, 9.17) is 5.73 Å². The van der Waals surface area contributed by atoms with Gasteiger partial charge in [-0.3, -0.25) is 9.59 Å². The number of cyclic esters (lactones) is 2. The van der Waals surface area contributed by atoms with Gasteiger partial charge in [0.05, 0.1) is 11.8 Å². The van der Waals surface area contributed by atoms with Gasteiger partial charge in [-0.05, 0) is 24.7 Å². The molecule has 2 aliphatic carbocycles. The van der Waals surface area contributed by atoms with Crippen LogP contribution in [0.5, 0.6) is 0 Å². The minimum Gasteiger partial charge on any atom is -0.393 e. The second-order valence-electron chi connectivity index (χ2n) is 4.35. The van der Waals surface area contributed by atoms with Crippen LogP contribution in [-0.2, 0) is 14.3 Å². The molecule has 0 spiro atoms. The lowest BCUT2D eigenvalue weighted by atomic mass is 9.79. The minimum absolute atomic E-state index is 0.102. The van der Waals surface area contributed by atoms with E-state index >= 15 is 0 Å². The van der Waals surface area contributed by atoms with Gasteiger partial charge >= 0.3 is 11.9 Å². The van der Waals surface area contributed by atoms with E-state index in [1.54, 1.807) is 0 Å². The quantitative estimate of drug-likeness (QED) is 0.410. The van der Waals surface area contributed by atoms with E-state index in [-0.39, 0.29) is 35.7 Å². The van der Waals surface area contributed by atoms with Crippen molar-refractivity contribution in [2.45, 2.75) is 18.9 Å². The fourth-order valence-electron chi connectivity index (χ4n) is 3.31. The molecule has 13 heavy (non-hydrogen) atoms. The lowest BCUT2D eigenvalue weighted by Crippen LogP contribution is -2.38. The number of esters is 2. The van der Waals surface area contributed by atoms with Crippen molar-refractivity contribution in [2.24, 2.45) is 29.4 Å². The molecule has 0 aromatic carbocycles. The average molecular weight is 181 g/mol. The summed E-state index contributed by atoms with van der Waals surface area (Å²) in [6.45, 7) is 0. The lowest BCUT2D eigenvalue weighted by molar-refractivity contribution is -0.154. The summed E-state index contributed by atoms with van der Waals surface area (Å²) in [5.74, 6) is -0.497. The molecule has 0 amide bonds. The Morgan fingerprint density at radius 2 is 1.85 bits per heavy atom. The first kappa shape index (κ1) is 7.50. The number of hydrogen-bond acceptors (Lipinski definition) is 4. The van der Waals surface area contributed by atoms with Crippen molar-refractivity contribution < 1.29 is 14.3 Å². The summed E-state index contributed by atoms with van der Waals surface area (Å²) < 4.78 is 4.62. The highest BCUT2D eigenvalue weighted by Crippen LogP contribution is 2.54. The van der Waals surface area contributed by atoms with E-state index in [9.17, 15) is 9.59 Å². The predicted molar refractivity (Wildman–Crippen MR) is 42.3 cm³/mol. The van der Waals surface area contributed by atoms with Crippen LogP contribution in [0, 0.1) is 23.7 Å². The molecule has 3 aliphatic rings. The summed E-state index contributed by atoms with van der Waals surface area (Å²) >= 11 is 0. The molecule has 3 fully saturated rings. The van der Waals surface area contributed by atoms with E-state index in [1.165, 1.54) is 0 Å². The fraction of sp³-hybridized carbons (Fsp3) is 0.778. The number of nitrogens with two attached hydrogens (primary N) is 1. The van der Waals surface area contributed by atoms with Gasteiger partial charge in [0.2, 0.25) is 0 Å². The molecule has 0 aromatic heterocycles. The Bertz CT molecular complexity index is 301. The highest BCUT2D eigenvalue weighted by atomic mass is 16.6. The molecular weight excluding hydrogens is 170 g/mol. The third-order valence-electron chi connectivity index (χ3n) is 3.80. The van der Waals surface area contributed by atoms with Crippen LogP contribution in [0.4, 0.5) is 0 Å². The zero-order chi connectivity index (χ0) is 9.16. The highest BCUT2D eigenvalue weighted by Gasteiger charge is 2.62. The van der Waals surface area contributed by atoms with Gasteiger partial charge in [0.25, 0.3) is 0 Å². The number of fused-ring (bicyclic) bond motifs is 5. The van der Waals surface area contributed by atoms with Gasteiger partial charge in [-0.2, -0.15) is 0 Å². The van der Waals surface area contributed by atoms with Crippen molar-refractivity contribution in [1.29, 1.82) is 0 Å². The summed E-state index contributed by atoms with van der Waals surface area (Å²) in [7, 11) is 0. The van der Waals surface area contributed by atoms with Crippen molar-refractivity contribution in [3.05, 3.63) is 0 Å². The number of ether oxygens (including phenoxy) is 1. The normalized spacial score (nSPS) is 52.5. The van der Waals surface area contributed by atoms with E-state index in [0.717, 1.165) is 12.8 Å². The number of carbonyl (C=O) groups excluding carboxylic acids is 2. The SMILES string of the molecule is NC1CC2CC1C1C(=O)OC(=O)C21. The molecule has 1 aliphatic heterocycles. The van der Waals surface area contributed by atoms with E-state index in [1.807, 2.05) is 0 Å². The summed E-state index contributed by atoms with van der Waals surface area (Å²) in [5.41, 5.74) is 5.86. The summed E-state index contributed by atoms with van der Waals surface area (Å²) in [4.78, 5) is 22.6. The van der Waals surface area contributed by atoms with Crippen LogP contribution in [0.1, 0.15) is 12.8 Å². The summed E-state index contributed by atoms with van der Waals surface area (Å²) in [5, 5.41) is 0. The number of carbonyl (C=O) groups is 2. The molecule has 4 heteroatoms. The predicted octanol–water partition coefficient (Wildman–Crippen LogP) is -0.331. The molecule has 0 aromatic rings. The highest BCUT2D eigenvalue weighted by molar-refractivity contribution is 5.97. The Labute approximate surface area is 75.4 Å². The maximum absolute atomic E-state index is 11.3. The second-order valence-corrected chi connectivity index (χ2v) is 4.35.